The number of hydrogen-bond donors (Lipinski definition) is 0. The van der Waals surface area contributed by atoms with Crippen molar-refractivity contribution in [1.29, 1.82) is 0 Å². The molecule has 2 bridgehead atoms. The number of fused-ring (bicyclic) bond motifs is 4. The van der Waals surface area contributed by atoms with Crippen LogP contribution in [0.2, 0.25) is 0 Å². The molecule has 6 nitrogen and oxygen atoms in total. The van der Waals surface area contributed by atoms with Crippen LogP contribution in [0.25, 0.3) is 5.13 Å². The first-order valence-electron chi connectivity index (χ1n) is 9.20. The second kappa shape index (κ2) is 6.20. The summed E-state index contributed by atoms with van der Waals surface area (Å²) in [4.78, 5) is 32.6. The number of carbonyl (C=O) groups excluding carboxylic acids is 1. The van der Waals surface area contributed by atoms with Crippen LogP contribution in [0, 0.1) is 12.8 Å². The van der Waals surface area contributed by atoms with Crippen molar-refractivity contribution in [1.82, 2.24) is 19.0 Å². The third kappa shape index (κ3) is 2.73. The zero-order valence-corrected chi connectivity index (χ0v) is 15.9. The Morgan fingerprint density at radius 1 is 1.15 bits per heavy atom. The minimum Gasteiger partial charge on any atom is -0.337 e. The van der Waals surface area contributed by atoms with Crippen molar-refractivity contribution in [2.45, 2.75) is 25.8 Å². The summed E-state index contributed by atoms with van der Waals surface area (Å²) in [6.07, 6.45) is 4.92. The van der Waals surface area contributed by atoms with Gasteiger partial charge in [-0.3, -0.25) is 9.59 Å². The summed E-state index contributed by atoms with van der Waals surface area (Å²) < 4.78 is 3.82. The highest BCUT2D eigenvalue weighted by Gasteiger charge is 2.37. The van der Waals surface area contributed by atoms with Crippen LogP contribution >= 0.6 is 11.3 Å². The molecule has 0 aliphatic carbocycles. The Labute approximate surface area is 160 Å². The average Bonchev–Trinajstić information content (AvgIpc) is 3.31. The molecule has 27 heavy (non-hydrogen) atoms. The molecule has 7 heteroatoms. The maximum absolute atomic E-state index is 13.2. The van der Waals surface area contributed by atoms with Crippen molar-refractivity contribution in [3.63, 3.8) is 0 Å². The van der Waals surface area contributed by atoms with Crippen molar-refractivity contribution in [3.05, 3.63) is 69.3 Å². The van der Waals surface area contributed by atoms with E-state index in [4.69, 9.17) is 0 Å². The molecule has 0 saturated carbocycles. The summed E-state index contributed by atoms with van der Waals surface area (Å²) in [5, 5.41) is 0.815. The minimum absolute atomic E-state index is 0.0600. The van der Waals surface area contributed by atoms with Gasteiger partial charge < -0.3 is 14.0 Å². The van der Waals surface area contributed by atoms with Gasteiger partial charge in [-0.1, -0.05) is 17.4 Å². The number of nitrogens with zero attached hydrogens (tertiary/aromatic N) is 4. The van der Waals surface area contributed by atoms with E-state index in [9.17, 15) is 9.59 Å². The average molecular weight is 380 g/mol. The Hall–Kier alpha value is -2.67. The van der Waals surface area contributed by atoms with Crippen LogP contribution in [0.4, 0.5) is 0 Å². The number of thiazole rings is 1. The zero-order valence-electron chi connectivity index (χ0n) is 15.0. The zero-order chi connectivity index (χ0) is 18.5. The van der Waals surface area contributed by atoms with E-state index in [0.717, 1.165) is 22.9 Å². The van der Waals surface area contributed by atoms with Crippen molar-refractivity contribution in [3.8, 4) is 5.13 Å². The fourth-order valence-corrected chi connectivity index (χ4v) is 5.36. The molecule has 2 aliphatic heterocycles. The van der Waals surface area contributed by atoms with Gasteiger partial charge in [-0.05, 0) is 37.5 Å². The molecular formula is C20H20N4O2S. The van der Waals surface area contributed by atoms with Gasteiger partial charge in [0.2, 0.25) is 0 Å². The predicted molar refractivity (Wildman–Crippen MR) is 104 cm³/mol. The molecule has 1 fully saturated rings. The van der Waals surface area contributed by atoms with Gasteiger partial charge in [0.05, 0.1) is 5.69 Å². The molecule has 5 heterocycles. The third-order valence-electron chi connectivity index (χ3n) is 5.57. The number of rotatable bonds is 2. The summed E-state index contributed by atoms with van der Waals surface area (Å²) >= 11 is 1.44. The summed E-state index contributed by atoms with van der Waals surface area (Å²) in [5.41, 5.74) is 1.91. The van der Waals surface area contributed by atoms with Gasteiger partial charge in [-0.2, -0.15) is 0 Å². The fourth-order valence-electron chi connectivity index (χ4n) is 4.36. The lowest BCUT2D eigenvalue weighted by Crippen LogP contribution is -2.49. The highest BCUT2D eigenvalue weighted by atomic mass is 32.1. The maximum Gasteiger partial charge on any atom is 0.265 e. The van der Waals surface area contributed by atoms with Crippen molar-refractivity contribution < 1.29 is 4.79 Å². The summed E-state index contributed by atoms with van der Waals surface area (Å²) in [6, 6.07) is 9.37. The molecular weight excluding hydrogens is 360 g/mol. The minimum atomic E-state index is 0.0600. The molecule has 1 amide bonds. The first kappa shape index (κ1) is 16.5. The lowest BCUT2D eigenvalue weighted by molar-refractivity contribution is 0.0598. The Morgan fingerprint density at radius 3 is 2.78 bits per heavy atom. The molecule has 3 aromatic rings. The molecule has 2 aliphatic rings. The van der Waals surface area contributed by atoms with Crippen LogP contribution in [0.3, 0.4) is 0 Å². The molecule has 0 radical (unpaired) electrons. The normalized spacial score (nSPS) is 21.1. The number of carbonyl (C=O) groups is 1. The monoisotopic (exact) mass is 380 g/mol. The molecule has 138 valence electrons. The Bertz CT molecular complexity index is 1070. The Balaban J connectivity index is 1.44. The van der Waals surface area contributed by atoms with Gasteiger partial charge in [0.1, 0.15) is 4.88 Å². The fraction of sp³-hybridized carbons (Fsp3) is 0.350. The first-order valence-corrected chi connectivity index (χ1v) is 10.0. The summed E-state index contributed by atoms with van der Waals surface area (Å²) in [5.74, 6) is 0.620. The lowest BCUT2D eigenvalue weighted by atomic mass is 9.83. The Morgan fingerprint density at radius 2 is 1.96 bits per heavy atom. The van der Waals surface area contributed by atoms with Crippen LogP contribution in [-0.2, 0) is 6.54 Å². The van der Waals surface area contributed by atoms with E-state index in [1.165, 1.54) is 11.3 Å². The van der Waals surface area contributed by atoms with Gasteiger partial charge >= 0.3 is 0 Å². The van der Waals surface area contributed by atoms with E-state index in [0.29, 0.717) is 30.4 Å². The predicted octanol–water partition coefficient (Wildman–Crippen LogP) is 2.66. The molecule has 1 saturated heterocycles. The molecule has 0 aromatic carbocycles. The molecule has 0 unspecified atom stereocenters. The first-order chi connectivity index (χ1) is 13.1. The second-order valence-corrected chi connectivity index (χ2v) is 8.39. The van der Waals surface area contributed by atoms with E-state index >= 15 is 0 Å². The number of piperidine rings is 1. The highest BCUT2D eigenvalue weighted by molar-refractivity contribution is 7.16. The number of pyridine rings is 1. The van der Waals surface area contributed by atoms with Crippen LogP contribution in [0.15, 0.2) is 47.5 Å². The largest absolute Gasteiger partial charge is 0.337 e. The summed E-state index contributed by atoms with van der Waals surface area (Å²) in [6.45, 7) is 3.96. The van der Waals surface area contributed by atoms with Gasteiger partial charge in [0, 0.05) is 49.7 Å². The lowest BCUT2D eigenvalue weighted by Gasteiger charge is -2.42. The van der Waals surface area contributed by atoms with Crippen LogP contribution < -0.4 is 5.56 Å². The number of aromatic nitrogens is 3. The van der Waals surface area contributed by atoms with Crippen LogP contribution in [0.1, 0.15) is 33.4 Å². The quantitative estimate of drug-likeness (QED) is 0.687. The molecule has 5 rings (SSSR count). The number of amides is 1. The van der Waals surface area contributed by atoms with E-state index in [1.54, 1.807) is 6.07 Å². The second-order valence-electron chi connectivity index (χ2n) is 7.41. The number of likely N-dealkylation sites (tertiary alicyclic amines) is 1. The van der Waals surface area contributed by atoms with Crippen LogP contribution in [-0.4, -0.2) is 38.0 Å². The Kier molecular flexibility index (Phi) is 3.79. The molecule has 0 spiro atoms. The van der Waals surface area contributed by atoms with Gasteiger partial charge in [0.25, 0.3) is 11.5 Å². The SMILES string of the molecule is Cc1nc(-n2cccc2)sc1C(=O)N1C[C@@H]2C[C@H](C1)c1cccc(=O)n1C2. The summed E-state index contributed by atoms with van der Waals surface area (Å²) in [7, 11) is 0. The standard InChI is InChI=1S/C20H20N4O2S/c1-13-18(27-20(21-13)22-7-2-3-8-22)19(26)23-10-14-9-15(12-23)16-5-4-6-17(25)24(16)11-14/h2-8,14-15H,9-12H2,1H3/t14-,15+/m0/s1. The van der Waals surface area contributed by atoms with Gasteiger partial charge in [0.15, 0.2) is 5.13 Å². The maximum atomic E-state index is 13.2. The van der Waals surface area contributed by atoms with Crippen molar-refractivity contribution in [2.24, 2.45) is 5.92 Å². The molecule has 2 atom stereocenters. The molecule has 3 aromatic heterocycles. The van der Waals surface area contributed by atoms with E-state index < -0.39 is 0 Å². The topological polar surface area (TPSA) is 60.1 Å². The van der Waals surface area contributed by atoms with Crippen molar-refractivity contribution in [2.75, 3.05) is 13.1 Å². The molecule has 0 N–H and O–H groups in total. The van der Waals surface area contributed by atoms with Gasteiger partial charge in [-0.15, -0.1) is 0 Å². The smallest absolute Gasteiger partial charge is 0.265 e. The van der Waals surface area contributed by atoms with Gasteiger partial charge in [-0.25, -0.2) is 4.98 Å². The third-order valence-corrected chi connectivity index (χ3v) is 6.73. The van der Waals surface area contributed by atoms with E-state index in [-0.39, 0.29) is 17.4 Å². The van der Waals surface area contributed by atoms with E-state index in [2.05, 4.69) is 4.98 Å². The van der Waals surface area contributed by atoms with Crippen LogP contribution in [0.5, 0.6) is 0 Å². The van der Waals surface area contributed by atoms with Crippen molar-refractivity contribution >= 4 is 17.2 Å². The number of aryl methyl sites for hydroxylation is 1. The highest BCUT2D eigenvalue weighted by Crippen LogP contribution is 2.36. The van der Waals surface area contributed by atoms with E-state index in [1.807, 2.05) is 57.6 Å². The number of hydrogen-bond acceptors (Lipinski definition) is 4.